The number of aryl methyl sites for hydroxylation is 1. The Morgan fingerprint density at radius 2 is 2.40 bits per heavy atom. The molecule has 4 heteroatoms. The number of nitrogens with zero attached hydrogens (tertiary/aromatic N) is 2. The van der Waals surface area contributed by atoms with Crippen LogP contribution in [0.1, 0.15) is 36.3 Å². The Bertz CT molecular complexity index is 361. The predicted molar refractivity (Wildman–Crippen MR) is 55.7 cm³/mol. The number of hydrogen-bond acceptors (Lipinski definition) is 3. The highest BCUT2D eigenvalue weighted by Crippen LogP contribution is 2.38. The number of Topliss-reactive ketones (excluding diaryl/α,β-unsaturated/α-hetero) is 1. The van der Waals surface area contributed by atoms with Gasteiger partial charge in [-0.2, -0.15) is 0 Å². The van der Waals surface area contributed by atoms with Crippen LogP contribution in [0.4, 0.5) is 0 Å². The third-order valence-corrected chi connectivity index (χ3v) is 3.25. The number of ketones is 1. The molecular weight excluding hydrogens is 192 g/mol. The van der Waals surface area contributed by atoms with Gasteiger partial charge >= 0.3 is 0 Å². The van der Waals surface area contributed by atoms with E-state index in [2.05, 4.69) is 4.98 Å². The van der Waals surface area contributed by atoms with Crippen LogP contribution in [0.2, 0.25) is 0 Å². The molecule has 0 amide bonds. The monoisotopic (exact) mass is 208 g/mol. The molecule has 15 heavy (non-hydrogen) atoms. The van der Waals surface area contributed by atoms with Gasteiger partial charge in [0, 0.05) is 33.0 Å². The number of carbonyl (C=O) groups excluding carboxylic acids is 1. The van der Waals surface area contributed by atoms with E-state index in [1.165, 1.54) is 0 Å². The number of rotatable bonds is 4. The van der Waals surface area contributed by atoms with Gasteiger partial charge in [0.1, 0.15) is 0 Å². The van der Waals surface area contributed by atoms with Gasteiger partial charge in [-0.1, -0.05) is 0 Å². The first-order valence-corrected chi connectivity index (χ1v) is 5.22. The van der Waals surface area contributed by atoms with Crippen molar-refractivity contribution in [1.29, 1.82) is 0 Å². The largest absolute Gasteiger partial charge is 0.378 e. The Kier molecular flexibility index (Phi) is 2.61. The van der Waals surface area contributed by atoms with Gasteiger partial charge in [0.05, 0.1) is 5.60 Å². The van der Waals surface area contributed by atoms with E-state index in [4.69, 9.17) is 4.74 Å². The lowest BCUT2D eigenvalue weighted by Gasteiger charge is -2.39. The van der Waals surface area contributed by atoms with Crippen LogP contribution in [0.5, 0.6) is 0 Å². The third kappa shape index (κ3) is 1.81. The molecule has 1 saturated carbocycles. The Balaban J connectivity index is 2.07. The Labute approximate surface area is 89.3 Å². The second kappa shape index (κ2) is 3.77. The van der Waals surface area contributed by atoms with Crippen LogP contribution >= 0.6 is 0 Å². The molecule has 0 atom stereocenters. The van der Waals surface area contributed by atoms with Crippen molar-refractivity contribution < 1.29 is 9.53 Å². The van der Waals surface area contributed by atoms with Gasteiger partial charge in [0.25, 0.3) is 0 Å². The third-order valence-electron chi connectivity index (χ3n) is 3.25. The lowest BCUT2D eigenvalue weighted by atomic mass is 9.76. The van der Waals surface area contributed by atoms with E-state index in [0.717, 1.165) is 19.3 Å². The predicted octanol–water partition coefficient (Wildman–Crippen LogP) is 1.56. The topological polar surface area (TPSA) is 44.1 Å². The van der Waals surface area contributed by atoms with Crippen molar-refractivity contribution >= 4 is 5.78 Å². The summed E-state index contributed by atoms with van der Waals surface area (Å²) in [4.78, 5) is 16.0. The highest BCUT2D eigenvalue weighted by molar-refractivity contribution is 5.93. The van der Waals surface area contributed by atoms with E-state index in [9.17, 15) is 4.79 Å². The molecule has 1 fully saturated rings. The Morgan fingerprint density at radius 1 is 1.67 bits per heavy atom. The number of imidazole rings is 1. The minimum absolute atomic E-state index is 0.0732. The summed E-state index contributed by atoms with van der Waals surface area (Å²) in [6.07, 6.45) is 7.01. The van der Waals surface area contributed by atoms with E-state index >= 15 is 0 Å². The zero-order chi connectivity index (χ0) is 10.9. The van der Waals surface area contributed by atoms with Gasteiger partial charge in [-0.3, -0.25) is 4.79 Å². The van der Waals surface area contributed by atoms with Crippen LogP contribution in [0.25, 0.3) is 0 Å². The lowest BCUT2D eigenvalue weighted by molar-refractivity contribution is -0.0706. The fourth-order valence-electron chi connectivity index (χ4n) is 2.03. The number of hydrogen-bond donors (Lipinski definition) is 0. The number of aromatic nitrogens is 2. The van der Waals surface area contributed by atoms with E-state index < -0.39 is 0 Å². The summed E-state index contributed by atoms with van der Waals surface area (Å²) >= 11 is 0. The molecule has 0 radical (unpaired) electrons. The molecule has 0 spiro atoms. The molecule has 1 aromatic rings. The van der Waals surface area contributed by atoms with Crippen molar-refractivity contribution in [2.24, 2.45) is 7.05 Å². The maximum Gasteiger partial charge on any atom is 0.201 e. The maximum absolute atomic E-state index is 11.9. The normalized spacial score (nSPS) is 18.5. The zero-order valence-corrected chi connectivity index (χ0v) is 9.19. The molecular formula is C11H16N2O2. The van der Waals surface area contributed by atoms with Crippen LogP contribution in [0.3, 0.4) is 0 Å². The van der Waals surface area contributed by atoms with Crippen molar-refractivity contribution in [3.05, 3.63) is 18.2 Å². The van der Waals surface area contributed by atoms with E-state index in [1.54, 1.807) is 24.1 Å². The van der Waals surface area contributed by atoms with Gasteiger partial charge in [-0.15, -0.1) is 0 Å². The fraction of sp³-hybridized carbons (Fsp3) is 0.636. The summed E-state index contributed by atoms with van der Waals surface area (Å²) in [5.74, 6) is 0.599. The standard InChI is InChI=1S/C11H16N2O2/c1-13-7-6-12-10(13)9(14)8-11(15-2)4-3-5-11/h6-7H,3-5,8H2,1-2H3. The van der Waals surface area contributed by atoms with Gasteiger partial charge in [0.15, 0.2) is 5.82 Å². The molecule has 0 bridgehead atoms. The fourth-order valence-corrected chi connectivity index (χ4v) is 2.03. The van der Waals surface area contributed by atoms with E-state index in [1.807, 2.05) is 7.05 Å². The average Bonchev–Trinajstić information content (AvgIpc) is 2.58. The second-order valence-electron chi connectivity index (χ2n) is 4.20. The molecule has 0 aromatic carbocycles. The highest BCUT2D eigenvalue weighted by Gasteiger charge is 2.39. The summed E-state index contributed by atoms with van der Waals surface area (Å²) in [5.41, 5.74) is -0.205. The van der Waals surface area contributed by atoms with Crippen LogP contribution in [-0.4, -0.2) is 28.0 Å². The van der Waals surface area contributed by atoms with E-state index in [0.29, 0.717) is 12.2 Å². The second-order valence-corrected chi connectivity index (χ2v) is 4.20. The maximum atomic E-state index is 11.9. The van der Waals surface area contributed by atoms with Gasteiger partial charge in [-0.05, 0) is 19.3 Å². The molecule has 1 heterocycles. The van der Waals surface area contributed by atoms with Crippen LogP contribution in [-0.2, 0) is 11.8 Å². The molecule has 4 nitrogen and oxygen atoms in total. The Hall–Kier alpha value is -1.16. The zero-order valence-electron chi connectivity index (χ0n) is 9.19. The molecule has 0 aliphatic heterocycles. The van der Waals surface area contributed by atoms with E-state index in [-0.39, 0.29) is 11.4 Å². The first-order chi connectivity index (χ1) is 7.17. The number of ether oxygens (including phenoxy) is 1. The van der Waals surface area contributed by atoms with Gasteiger partial charge < -0.3 is 9.30 Å². The van der Waals surface area contributed by atoms with Gasteiger partial charge in [0.2, 0.25) is 5.78 Å². The number of carbonyl (C=O) groups is 1. The van der Waals surface area contributed by atoms with Crippen molar-refractivity contribution in [2.75, 3.05) is 7.11 Å². The van der Waals surface area contributed by atoms with Crippen LogP contribution in [0.15, 0.2) is 12.4 Å². The minimum atomic E-state index is -0.205. The summed E-state index contributed by atoms with van der Waals surface area (Å²) in [6, 6.07) is 0. The summed E-state index contributed by atoms with van der Waals surface area (Å²) in [6.45, 7) is 0. The molecule has 0 N–H and O–H groups in total. The first-order valence-electron chi connectivity index (χ1n) is 5.22. The molecule has 2 rings (SSSR count). The van der Waals surface area contributed by atoms with Crippen LogP contribution < -0.4 is 0 Å². The average molecular weight is 208 g/mol. The Morgan fingerprint density at radius 3 is 2.80 bits per heavy atom. The molecule has 1 aliphatic carbocycles. The number of methoxy groups -OCH3 is 1. The molecule has 1 aliphatic rings. The van der Waals surface area contributed by atoms with Crippen LogP contribution in [0, 0.1) is 0 Å². The van der Waals surface area contributed by atoms with Gasteiger partial charge in [-0.25, -0.2) is 4.98 Å². The molecule has 0 saturated heterocycles. The summed E-state index contributed by atoms with van der Waals surface area (Å²) in [5, 5.41) is 0. The highest BCUT2D eigenvalue weighted by atomic mass is 16.5. The van der Waals surface area contributed by atoms with Crippen molar-refractivity contribution in [3.8, 4) is 0 Å². The molecule has 1 aromatic heterocycles. The quantitative estimate of drug-likeness (QED) is 0.705. The molecule has 0 unspecified atom stereocenters. The summed E-state index contributed by atoms with van der Waals surface area (Å²) < 4.78 is 7.18. The SMILES string of the molecule is COC1(CC(=O)c2nccn2C)CCC1. The van der Waals surface area contributed by atoms with Crippen molar-refractivity contribution in [1.82, 2.24) is 9.55 Å². The first kappa shape index (κ1) is 10.4. The minimum Gasteiger partial charge on any atom is -0.378 e. The smallest absolute Gasteiger partial charge is 0.201 e. The summed E-state index contributed by atoms with van der Waals surface area (Å²) in [7, 11) is 3.52. The van der Waals surface area contributed by atoms with Crippen molar-refractivity contribution in [3.63, 3.8) is 0 Å². The van der Waals surface area contributed by atoms with Crippen molar-refractivity contribution in [2.45, 2.75) is 31.3 Å². The molecule has 82 valence electrons. The lowest BCUT2D eigenvalue weighted by Crippen LogP contribution is -2.41.